The number of phenolic OH excluding ortho intramolecular Hbond substituents is 1. The maximum absolute atomic E-state index is 11.8. The summed E-state index contributed by atoms with van der Waals surface area (Å²) in [6.07, 6.45) is 0. The summed E-state index contributed by atoms with van der Waals surface area (Å²) in [4.78, 5) is 11.0. The fraction of sp³-hybridized carbons (Fsp3) is 0.222. The van der Waals surface area contributed by atoms with Crippen molar-refractivity contribution >= 4 is 17.8 Å². The Balaban J connectivity index is 2.85. The Labute approximate surface area is 93.4 Å². The molecule has 0 saturated heterocycles. The lowest BCUT2D eigenvalue weighted by molar-refractivity contribution is -0.0369. The third-order valence-corrected chi connectivity index (χ3v) is 1.99. The summed E-state index contributed by atoms with van der Waals surface area (Å²) in [5.41, 5.74) is -4.46. The predicted molar refractivity (Wildman–Crippen MR) is 52.4 cm³/mol. The molecule has 0 aliphatic heterocycles. The van der Waals surface area contributed by atoms with Crippen LogP contribution in [0.4, 0.5) is 13.2 Å². The summed E-state index contributed by atoms with van der Waals surface area (Å²) in [6.45, 7) is 1.23. The maximum Gasteiger partial charge on any atom is 0.479 e. The third-order valence-electron chi connectivity index (χ3n) is 1.53. The minimum Gasteiger partial charge on any atom is -0.508 e. The fourth-order valence-corrected chi connectivity index (χ4v) is 1.22. The summed E-state index contributed by atoms with van der Waals surface area (Å²) >= 11 is -0.707. The van der Waals surface area contributed by atoms with Gasteiger partial charge in [0.15, 0.2) is 17.8 Å². The van der Waals surface area contributed by atoms with Gasteiger partial charge >= 0.3 is 5.51 Å². The second kappa shape index (κ2) is 4.65. The maximum atomic E-state index is 11.8. The Hall–Kier alpha value is -1.37. The first kappa shape index (κ1) is 12.7. The molecule has 1 N–H and O–H groups in total. The number of Topliss-reactive ketones (excluding diaryl/α,β-unsaturated/α-hetero) is 1. The number of rotatable bonds is 3. The van der Waals surface area contributed by atoms with Crippen molar-refractivity contribution in [1.82, 2.24) is 0 Å². The zero-order valence-corrected chi connectivity index (χ0v) is 8.85. The second-order valence-corrected chi connectivity index (χ2v) is 3.68. The molecule has 0 radical (unpaired) electrons. The van der Waals surface area contributed by atoms with E-state index in [1.54, 1.807) is 0 Å². The van der Waals surface area contributed by atoms with Gasteiger partial charge in [0.05, 0.1) is 0 Å². The lowest BCUT2D eigenvalue weighted by Gasteiger charge is -2.07. The molecule has 0 unspecified atom stereocenters. The third kappa shape index (κ3) is 4.01. The Morgan fingerprint density at radius 1 is 1.38 bits per heavy atom. The molecule has 3 nitrogen and oxygen atoms in total. The van der Waals surface area contributed by atoms with E-state index in [0.717, 1.165) is 18.2 Å². The van der Waals surface area contributed by atoms with Gasteiger partial charge in [0.25, 0.3) is 0 Å². The number of benzene rings is 1. The van der Waals surface area contributed by atoms with Gasteiger partial charge in [0.1, 0.15) is 11.5 Å². The molecule has 0 amide bonds. The number of hydrogen-bond acceptors (Lipinski definition) is 4. The fourth-order valence-electron chi connectivity index (χ4n) is 0.930. The van der Waals surface area contributed by atoms with Gasteiger partial charge in [0.2, 0.25) is 0 Å². The Bertz CT molecular complexity index is 403. The first-order valence-electron chi connectivity index (χ1n) is 4.05. The van der Waals surface area contributed by atoms with Crippen LogP contribution >= 0.6 is 12.0 Å². The van der Waals surface area contributed by atoms with Crippen molar-refractivity contribution in [3.8, 4) is 11.5 Å². The van der Waals surface area contributed by atoms with Crippen molar-refractivity contribution in [3.05, 3.63) is 23.8 Å². The van der Waals surface area contributed by atoms with Crippen LogP contribution in [-0.2, 0) is 0 Å². The van der Waals surface area contributed by atoms with Gasteiger partial charge in [-0.2, -0.15) is 13.2 Å². The molecular formula is C9H7F3O3S. The Morgan fingerprint density at radius 3 is 2.50 bits per heavy atom. The van der Waals surface area contributed by atoms with E-state index in [2.05, 4.69) is 4.18 Å². The molecule has 0 aliphatic rings. The molecule has 0 aliphatic carbocycles. The van der Waals surface area contributed by atoms with Gasteiger partial charge in [-0.15, -0.1) is 0 Å². The standard InChI is InChI=1S/C9H7F3O3S/c1-5(13)6-2-7(14)4-8(3-6)15-16-9(10,11)12/h2-4,14H,1H3. The highest BCUT2D eigenvalue weighted by Crippen LogP contribution is 2.34. The van der Waals surface area contributed by atoms with E-state index >= 15 is 0 Å². The Morgan fingerprint density at radius 2 is 2.00 bits per heavy atom. The summed E-state index contributed by atoms with van der Waals surface area (Å²) in [6, 6.07) is 3.26. The van der Waals surface area contributed by atoms with Crippen LogP contribution in [0.1, 0.15) is 17.3 Å². The van der Waals surface area contributed by atoms with E-state index < -0.39 is 17.6 Å². The zero-order chi connectivity index (χ0) is 12.3. The summed E-state index contributed by atoms with van der Waals surface area (Å²) in [5, 5.41) is 9.15. The van der Waals surface area contributed by atoms with E-state index in [1.807, 2.05) is 0 Å². The van der Waals surface area contributed by atoms with E-state index in [1.165, 1.54) is 6.92 Å². The number of ketones is 1. The average molecular weight is 252 g/mol. The molecule has 1 aromatic carbocycles. The summed E-state index contributed by atoms with van der Waals surface area (Å²) < 4.78 is 39.7. The molecule has 7 heteroatoms. The van der Waals surface area contributed by atoms with Crippen LogP contribution in [0, 0.1) is 0 Å². The number of hydrogen-bond donors (Lipinski definition) is 1. The van der Waals surface area contributed by atoms with Gasteiger partial charge in [-0.3, -0.25) is 4.79 Å². The molecule has 88 valence electrons. The molecular weight excluding hydrogens is 245 g/mol. The van der Waals surface area contributed by atoms with Crippen molar-refractivity contribution in [3.63, 3.8) is 0 Å². The van der Waals surface area contributed by atoms with Gasteiger partial charge in [-0.25, -0.2) is 0 Å². The van der Waals surface area contributed by atoms with Gasteiger partial charge in [-0.1, -0.05) is 0 Å². The first-order chi connectivity index (χ1) is 7.28. The number of aromatic hydroxyl groups is 1. The smallest absolute Gasteiger partial charge is 0.479 e. The molecule has 0 fully saturated rings. The first-order valence-corrected chi connectivity index (χ1v) is 4.79. The SMILES string of the molecule is CC(=O)c1cc(O)cc(OSC(F)(F)F)c1. The van der Waals surface area contributed by atoms with Crippen molar-refractivity contribution in [2.24, 2.45) is 0 Å². The van der Waals surface area contributed by atoms with Crippen LogP contribution in [0.2, 0.25) is 0 Å². The van der Waals surface area contributed by atoms with Crippen molar-refractivity contribution in [2.75, 3.05) is 0 Å². The molecule has 1 rings (SSSR count). The van der Waals surface area contributed by atoms with Crippen molar-refractivity contribution in [1.29, 1.82) is 0 Å². The topological polar surface area (TPSA) is 46.5 Å². The molecule has 1 aromatic rings. The van der Waals surface area contributed by atoms with E-state index in [4.69, 9.17) is 5.11 Å². The number of carbonyl (C=O) groups is 1. The minimum atomic E-state index is -4.54. The van der Waals surface area contributed by atoms with E-state index in [9.17, 15) is 18.0 Å². The monoisotopic (exact) mass is 252 g/mol. The van der Waals surface area contributed by atoms with Gasteiger partial charge < -0.3 is 9.29 Å². The highest BCUT2D eigenvalue weighted by molar-refractivity contribution is 7.95. The number of halogens is 3. The lowest BCUT2D eigenvalue weighted by Crippen LogP contribution is -2.03. The van der Waals surface area contributed by atoms with Crippen molar-refractivity contribution < 1.29 is 27.3 Å². The molecule has 0 aromatic heterocycles. The molecule has 16 heavy (non-hydrogen) atoms. The van der Waals surface area contributed by atoms with Gasteiger partial charge in [-0.05, 0) is 19.1 Å². The number of carbonyl (C=O) groups excluding carboxylic acids is 1. The highest BCUT2D eigenvalue weighted by Gasteiger charge is 2.31. The number of alkyl halides is 3. The van der Waals surface area contributed by atoms with E-state index in [0.29, 0.717) is 0 Å². The van der Waals surface area contributed by atoms with E-state index in [-0.39, 0.29) is 22.8 Å². The Kier molecular flexibility index (Phi) is 3.69. The largest absolute Gasteiger partial charge is 0.508 e. The van der Waals surface area contributed by atoms with Crippen LogP contribution in [0.25, 0.3) is 0 Å². The zero-order valence-electron chi connectivity index (χ0n) is 8.04. The molecule has 0 heterocycles. The van der Waals surface area contributed by atoms with Gasteiger partial charge in [0, 0.05) is 11.6 Å². The average Bonchev–Trinajstić information content (AvgIpc) is 2.13. The quantitative estimate of drug-likeness (QED) is 0.663. The van der Waals surface area contributed by atoms with Crippen LogP contribution in [0.3, 0.4) is 0 Å². The minimum absolute atomic E-state index is 0.0813. The number of phenols is 1. The van der Waals surface area contributed by atoms with Crippen LogP contribution in [0.15, 0.2) is 18.2 Å². The van der Waals surface area contributed by atoms with Crippen LogP contribution in [0.5, 0.6) is 11.5 Å². The summed E-state index contributed by atoms with van der Waals surface area (Å²) in [7, 11) is 0. The van der Waals surface area contributed by atoms with Crippen molar-refractivity contribution in [2.45, 2.75) is 12.4 Å². The molecule has 0 spiro atoms. The molecule has 0 bridgehead atoms. The van der Waals surface area contributed by atoms with Crippen LogP contribution < -0.4 is 4.18 Å². The predicted octanol–water partition coefficient (Wildman–Crippen LogP) is 3.14. The second-order valence-electron chi connectivity index (χ2n) is 2.88. The van der Waals surface area contributed by atoms with Crippen LogP contribution in [-0.4, -0.2) is 16.4 Å². The molecule has 0 saturated carbocycles. The summed E-state index contributed by atoms with van der Waals surface area (Å²) in [5.74, 6) is -0.934. The highest BCUT2D eigenvalue weighted by atomic mass is 32.2. The lowest BCUT2D eigenvalue weighted by atomic mass is 10.1. The normalized spacial score (nSPS) is 11.2. The molecule has 0 atom stereocenters.